The number of aromatic nitrogens is 2. The summed E-state index contributed by atoms with van der Waals surface area (Å²) in [5.41, 5.74) is 0. The second kappa shape index (κ2) is 7.28. The normalized spacial score (nSPS) is 11.0. The third-order valence-electron chi connectivity index (χ3n) is 2.50. The second-order valence-electron chi connectivity index (χ2n) is 4.38. The van der Waals surface area contributed by atoms with Gasteiger partial charge in [-0.1, -0.05) is 6.92 Å². The summed E-state index contributed by atoms with van der Waals surface area (Å²) in [5.74, 6) is 1.01. The summed E-state index contributed by atoms with van der Waals surface area (Å²) < 4.78 is 2.17. The summed E-state index contributed by atoms with van der Waals surface area (Å²) in [6.45, 7) is 5.39. The SMILES string of the molecule is CCCn1ccnc1NCCCCN(C)C. The van der Waals surface area contributed by atoms with Crippen LogP contribution in [0.15, 0.2) is 12.4 Å². The maximum absolute atomic E-state index is 4.31. The Balaban J connectivity index is 2.18. The van der Waals surface area contributed by atoms with Crippen LogP contribution in [-0.2, 0) is 6.54 Å². The number of imidazole rings is 1. The van der Waals surface area contributed by atoms with E-state index in [-0.39, 0.29) is 0 Å². The third kappa shape index (κ3) is 4.66. The van der Waals surface area contributed by atoms with Crippen LogP contribution in [0.3, 0.4) is 0 Å². The van der Waals surface area contributed by atoms with Crippen molar-refractivity contribution in [1.29, 1.82) is 0 Å². The van der Waals surface area contributed by atoms with Gasteiger partial charge in [0.1, 0.15) is 0 Å². The van der Waals surface area contributed by atoms with E-state index in [4.69, 9.17) is 0 Å². The molecule has 4 heteroatoms. The highest BCUT2D eigenvalue weighted by molar-refractivity contribution is 5.25. The molecule has 0 aliphatic rings. The molecule has 1 heterocycles. The molecule has 0 aliphatic heterocycles. The van der Waals surface area contributed by atoms with Gasteiger partial charge < -0.3 is 14.8 Å². The van der Waals surface area contributed by atoms with Crippen LogP contribution in [0.25, 0.3) is 0 Å². The van der Waals surface area contributed by atoms with Crippen molar-refractivity contribution in [2.75, 3.05) is 32.5 Å². The highest BCUT2D eigenvalue weighted by Crippen LogP contribution is 2.05. The van der Waals surface area contributed by atoms with Gasteiger partial charge in [-0.05, 0) is 39.9 Å². The topological polar surface area (TPSA) is 33.1 Å². The number of aryl methyl sites for hydroxylation is 1. The summed E-state index contributed by atoms with van der Waals surface area (Å²) in [5, 5.41) is 3.39. The van der Waals surface area contributed by atoms with Gasteiger partial charge in [0, 0.05) is 25.5 Å². The fourth-order valence-electron chi connectivity index (χ4n) is 1.65. The first-order valence-electron chi connectivity index (χ1n) is 6.13. The molecule has 0 fully saturated rings. The molecule has 0 amide bonds. The first-order chi connectivity index (χ1) is 7.74. The fraction of sp³-hybridized carbons (Fsp3) is 0.750. The van der Waals surface area contributed by atoms with Crippen LogP contribution in [0.5, 0.6) is 0 Å². The van der Waals surface area contributed by atoms with Gasteiger partial charge in [0.2, 0.25) is 5.95 Å². The molecule has 1 aromatic rings. The third-order valence-corrected chi connectivity index (χ3v) is 2.50. The van der Waals surface area contributed by atoms with Gasteiger partial charge in [0.25, 0.3) is 0 Å². The van der Waals surface area contributed by atoms with Gasteiger partial charge in [-0.3, -0.25) is 0 Å². The van der Waals surface area contributed by atoms with Gasteiger partial charge >= 0.3 is 0 Å². The molecular formula is C12H24N4. The number of hydrogen-bond acceptors (Lipinski definition) is 3. The zero-order valence-corrected chi connectivity index (χ0v) is 10.7. The van der Waals surface area contributed by atoms with E-state index in [1.165, 1.54) is 12.8 Å². The van der Waals surface area contributed by atoms with E-state index in [0.717, 1.165) is 32.0 Å². The number of anilines is 1. The van der Waals surface area contributed by atoms with Crippen LogP contribution in [0, 0.1) is 0 Å². The first-order valence-corrected chi connectivity index (χ1v) is 6.13. The Morgan fingerprint density at radius 2 is 2.19 bits per heavy atom. The van der Waals surface area contributed by atoms with Gasteiger partial charge in [-0.2, -0.15) is 0 Å². The Kier molecular flexibility index (Phi) is 5.93. The summed E-state index contributed by atoms with van der Waals surface area (Å²) in [4.78, 5) is 6.53. The maximum Gasteiger partial charge on any atom is 0.202 e. The molecule has 0 unspecified atom stereocenters. The second-order valence-corrected chi connectivity index (χ2v) is 4.38. The monoisotopic (exact) mass is 224 g/mol. The van der Waals surface area contributed by atoms with Crippen LogP contribution < -0.4 is 5.32 Å². The van der Waals surface area contributed by atoms with E-state index in [0.29, 0.717) is 0 Å². The van der Waals surface area contributed by atoms with Crippen LogP contribution in [0.1, 0.15) is 26.2 Å². The molecule has 4 nitrogen and oxygen atoms in total. The number of nitrogens with zero attached hydrogens (tertiary/aromatic N) is 3. The molecule has 16 heavy (non-hydrogen) atoms. The average Bonchev–Trinajstić information content (AvgIpc) is 2.65. The number of unbranched alkanes of at least 4 members (excludes halogenated alkanes) is 1. The van der Waals surface area contributed by atoms with Gasteiger partial charge in [-0.25, -0.2) is 4.98 Å². The smallest absolute Gasteiger partial charge is 0.202 e. The molecule has 1 N–H and O–H groups in total. The van der Waals surface area contributed by atoms with Crippen molar-refractivity contribution in [1.82, 2.24) is 14.5 Å². The summed E-state index contributed by atoms with van der Waals surface area (Å²) in [7, 11) is 4.22. The van der Waals surface area contributed by atoms with Gasteiger partial charge in [0.15, 0.2) is 0 Å². The minimum atomic E-state index is 1.01. The molecule has 0 saturated carbocycles. The van der Waals surface area contributed by atoms with Crippen LogP contribution >= 0.6 is 0 Å². The van der Waals surface area contributed by atoms with E-state index >= 15 is 0 Å². The number of nitrogens with one attached hydrogen (secondary N) is 1. The van der Waals surface area contributed by atoms with Crippen LogP contribution in [-0.4, -0.2) is 41.6 Å². The van der Waals surface area contributed by atoms with Crippen molar-refractivity contribution in [3.05, 3.63) is 12.4 Å². The van der Waals surface area contributed by atoms with Gasteiger partial charge in [-0.15, -0.1) is 0 Å². The van der Waals surface area contributed by atoms with E-state index in [2.05, 4.69) is 40.8 Å². The molecule has 0 radical (unpaired) electrons. The first kappa shape index (κ1) is 13.0. The molecule has 0 saturated heterocycles. The Hall–Kier alpha value is -1.03. The van der Waals surface area contributed by atoms with Crippen LogP contribution in [0.2, 0.25) is 0 Å². The molecule has 0 atom stereocenters. The lowest BCUT2D eigenvalue weighted by Crippen LogP contribution is -2.15. The number of hydrogen-bond donors (Lipinski definition) is 1. The van der Waals surface area contributed by atoms with Crippen molar-refractivity contribution in [2.24, 2.45) is 0 Å². The standard InChI is InChI=1S/C12H24N4/c1-4-9-16-11-8-14-12(16)13-7-5-6-10-15(2)3/h8,11H,4-7,9-10H2,1-3H3,(H,13,14). The number of rotatable bonds is 8. The molecule has 92 valence electrons. The summed E-state index contributed by atoms with van der Waals surface area (Å²) in [6.07, 6.45) is 7.46. The largest absolute Gasteiger partial charge is 0.356 e. The molecule has 1 aromatic heterocycles. The molecule has 0 bridgehead atoms. The predicted octanol–water partition coefficient (Wildman–Crippen LogP) is 2.05. The highest BCUT2D eigenvalue weighted by atomic mass is 15.2. The van der Waals surface area contributed by atoms with E-state index < -0.39 is 0 Å². The molecule has 1 rings (SSSR count). The van der Waals surface area contributed by atoms with Crippen molar-refractivity contribution < 1.29 is 0 Å². The van der Waals surface area contributed by atoms with E-state index in [9.17, 15) is 0 Å². The lowest BCUT2D eigenvalue weighted by atomic mass is 10.3. The van der Waals surface area contributed by atoms with Crippen molar-refractivity contribution in [3.63, 3.8) is 0 Å². The quantitative estimate of drug-likeness (QED) is 0.686. The molecule has 0 aliphatic carbocycles. The van der Waals surface area contributed by atoms with Crippen molar-refractivity contribution in [2.45, 2.75) is 32.7 Å². The average molecular weight is 224 g/mol. The minimum absolute atomic E-state index is 1.01. The Bertz CT molecular complexity index is 280. The van der Waals surface area contributed by atoms with Crippen LogP contribution in [0.4, 0.5) is 5.95 Å². The van der Waals surface area contributed by atoms with E-state index in [1.54, 1.807) is 0 Å². The summed E-state index contributed by atoms with van der Waals surface area (Å²) in [6, 6.07) is 0. The summed E-state index contributed by atoms with van der Waals surface area (Å²) >= 11 is 0. The van der Waals surface area contributed by atoms with E-state index in [1.807, 2.05) is 12.4 Å². The maximum atomic E-state index is 4.31. The highest BCUT2D eigenvalue weighted by Gasteiger charge is 2.00. The lowest BCUT2D eigenvalue weighted by molar-refractivity contribution is 0.396. The zero-order valence-electron chi connectivity index (χ0n) is 10.7. The molecular weight excluding hydrogens is 200 g/mol. The lowest BCUT2D eigenvalue weighted by Gasteiger charge is -2.10. The molecule has 0 aromatic carbocycles. The predicted molar refractivity (Wildman–Crippen MR) is 68.8 cm³/mol. The van der Waals surface area contributed by atoms with Crippen molar-refractivity contribution >= 4 is 5.95 Å². The Morgan fingerprint density at radius 3 is 2.88 bits per heavy atom. The Morgan fingerprint density at radius 1 is 1.38 bits per heavy atom. The minimum Gasteiger partial charge on any atom is -0.356 e. The fourth-order valence-corrected chi connectivity index (χ4v) is 1.65. The Labute approximate surface area is 98.7 Å². The zero-order chi connectivity index (χ0) is 11.8. The van der Waals surface area contributed by atoms with Gasteiger partial charge in [0.05, 0.1) is 0 Å². The molecule has 0 spiro atoms. The van der Waals surface area contributed by atoms with Crippen molar-refractivity contribution in [3.8, 4) is 0 Å².